The van der Waals surface area contributed by atoms with Crippen LogP contribution in [0.3, 0.4) is 0 Å². The van der Waals surface area contributed by atoms with Crippen LogP contribution in [-0.2, 0) is 4.79 Å². The minimum absolute atomic E-state index is 0.183. The van der Waals surface area contributed by atoms with Crippen molar-refractivity contribution < 1.29 is 4.79 Å². The lowest BCUT2D eigenvalue weighted by molar-refractivity contribution is -0.123. The third kappa shape index (κ3) is 3.69. The summed E-state index contributed by atoms with van der Waals surface area (Å²) in [5.41, 5.74) is 2.98. The highest BCUT2D eigenvalue weighted by molar-refractivity contribution is 7.99. The Balaban J connectivity index is 2.19. The number of carbonyl (C=O) groups excluding carboxylic acids is 1. The Hall–Kier alpha value is -1.69. The average Bonchev–Trinajstić information content (AvgIpc) is 2.86. The number of tetrazole rings is 1. The summed E-state index contributed by atoms with van der Waals surface area (Å²) in [7, 11) is 0. The molecule has 6 heteroatoms. The van der Waals surface area contributed by atoms with Crippen molar-refractivity contribution in [3.63, 3.8) is 0 Å². The quantitative estimate of drug-likeness (QED) is 0.813. The van der Waals surface area contributed by atoms with Crippen molar-refractivity contribution >= 4 is 17.5 Å². The molecule has 2 aromatic rings. The van der Waals surface area contributed by atoms with Crippen molar-refractivity contribution in [2.75, 3.05) is 5.75 Å². The monoisotopic (exact) mass is 304 g/mol. The molecule has 1 heterocycles. The second kappa shape index (κ2) is 5.97. The maximum absolute atomic E-state index is 12.0. The van der Waals surface area contributed by atoms with Crippen LogP contribution in [0.15, 0.2) is 23.4 Å². The van der Waals surface area contributed by atoms with Crippen molar-refractivity contribution in [2.24, 2.45) is 5.41 Å². The first-order valence-electron chi connectivity index (χ1n) is 6.81. The van der Waals surface area contributed by atoms with E-state index in [1.54, 1.807) is 4.68 Å². The molecule has 5 nitrogen and oxygen atoms in total. The van der Waals surface area contributed by atoms with Crippen molar-refractivity contribution in [3.05, 3.63) is 29.3 Å². The van der Waals surface area contributed by atoms with Crippen LogP contribution in [-0.4, -0.2) is 31.7 Å². The molecular formula is C15H20N4OS. The fraction of sp³-hybridized carbons (Fsp3) is 0.467. The summed E-state index contributed by atoms with van der Waals surface area (Å²) < 4.78 is 1.67. The average molecular weight is 304 g/mol. The van der Waals surface area contributed by atoms with Gasteiger partial charge in [-0.2, -0.15) is 4.68 Å². The minimum atomic E-state index is -0.342. The molecule has 0 radical (unpaired) electrons. The zero-order valence-corrected chi connectivity index (χ0v) is 13.9. The number of thioether (sulfide) groups is 1. The third-order valence-electron chi connectivity index (χ3n) is 3.34. The first-order valence-corrected chi connectivity index (χ1v) is 7.79. The fourth-order valence-corrected chi connectivity index (χ4v) is 2.69. The molecule has 2 rings (SSSR count). The van der Waals surface area contributed by atoms with Gasteiger partial charge in [0, 0.05) is 5.41 Å². The van der Waals surface area contributed by atoms with E-state index < -0.39 is 0 Å². The van der Waals surface area contributed by atoms with Gasteiger partial charge in [-0.25, -0.2) is 0 Å². The molecule has 0 aliphatic rings. The Morgan fingerprint density at radius 1 is 1.24 bits per heavy atom. The number of benzene rings is 1. The van der Waals surface area contributed by atoms with Gasteiger partial charge in [0.15, 0.2) is 0 Å². The van der Waals surface area contributed by atoms with Gasteiger partial charge in [-0.1, -0.05) is 38.6 Å². The maximum atomic E-state index is 12.0. The Morgan fingerprint density at radius 3 is 2.57 bits per heavy atom. The Kier molecular flexibility index (Phi) is 4.46. The number of Topliss-reactive ketones (excluding diaryl/α,β-unsaturated/α-hetero) is 1. The molecule has 0 amide bonds. The van der Waals surface area contributed by atoms with E-state index in [-0.39, 0.29) is 11.2 Å². The molecule has 0 fully saturated rings. The number of hydrogen-bond donors (Lipinski definition) is 0. The number of carbonyl (C=O) groups is 1. The standard InChI is InChI=1S/C15H20N4OS/c1-10-6-7-12(8-11(10)2)19-14(16-17-18-19)21-9-13(20)15(3,4)5/h6-8H,9H2,1-5H3. The molecule has 0 saturated heterocycles. The van der Waals surface area contributed by atoms with Crippen LogP contribution in [0.5, 0.6) is 0 Å². The van der Waals surface area contributed by atoms with Crippen molar-refractivity contribution in [3.8, 4) is 5.69 Å². The normalized spacial score (nSPS) is 11.7. The molecule has 0 saturated carbocycles. The first kappa shape index (κ1) is 15.7. The summed E-state index contributed by atoms with van der Waals surface area (Å²) in [6, 6.07) is 6.07. The number of hydrogen-bond acceptors (Lipinski definition) is 5. The molecular weight excluding hydrogens is 284 g/mol. The summed E-state index contributed by atoms with van der Waals surface area (Å²) in [4.78, 5) is 12.0. The van der Waals surface area contributed by atoms with E-state index in [1.807, 2.05) is 39.0 Å². The SMILES string of the molecule is Cc1ccc(-n2nnnc2SCC(=O)C(C)(C)C)cc1C. The Morgan fingerprint density at radius 2 is 1.95 bits per heavy atom. The third-order valence-corrected chi connectivity index (χ3v) is 4.26. The van der Waals surface area contributed by atoms with Crippen LogP contribution >= 0.6 is 11.8 Å². The van der Waals surface area contributed by atoms with Gasteiger partial charge in [-0.15, -0.1) is 5.10 Å². The number of ketones is 1. The fourth-order valence-electron chi connectivity index (χ4n) is 1.63. The van der Waals surface area contributed by atoms with Crippen LogP contribution < -0.4 is 0 Å². The van der Waals surface area contributed by atoms with E-state index in [0.717, 1.165) is 5.69 Å². The van der Waals surface area contributed by atoms with Gasteiger partial charge in [0.05, 0.1) is 11.4 Å². The summed E-state index contributed by atoms with van der Waals surface area (Å²) in [6.45, 7) is 9.88. The molecule has 1 aromatic heterocycles. The number of rotatable bonds is 4. The van der Waals surface area contributed by atoms with Gasteiger partial charge < -0.3 is 0 Å². The number of aryl methyl sites for hydroxylation is 2. The zero-order chi connectivity index (χ0) is 15.6. The van der Waals surface area contributed by atoms with Gasteiger partial charge >= 0.3 is 0 Å². The van der Waals surface area contributed by atoms with E-state index in [2.05, 4.69) is 29.4 Å². The molecule has 0 aliphatic carbocycles. The Labute approximate surface area is 129 Å². The molecule has 0 bridgehead atoms. The van der Waals surface area contributed by atoms with Gasteiger partial charge in [0.1, 0.15) is 5.78 Å². The van der Waals surface area contributed by atoms with Crippen LogP contribution in [0.4, 0.5) is 0 Å². The van der Waals surface area contributed by atoms with Gasteiger partial charge in [0.2, 0.25) is 5.16 Å². The summed E-state index contributed by atoms with van der Waals surface area (Å²) in [5.74, 6) is 0.552. The maximum Gasteiger partial charge on any atom is 0.214 e. The summed E-state index contributed by atoms with van der Waals surface area (Å²) >= 11 is 1.37. The van der Waals surface area contributed by atoms with Crippen molar-refractivity contribution in [2.45, 2.75) is 39.8 Å². The second-order valence-electron chi connectivity index (χ2n) is 6.10. The molecule has 0 N–H and O–H groups in total. The van der Waals surface area contributed by atoms with E-state index in [4.69, 9.17) is 0 Å². The smallest absolute Gasteiger partial charge is 0.214 e. The molecule has 0 aliphatic heterocycles. The van der Waals surface area contributed by atoms with E-state index in [0.29, 0.717) is 10.9 Å². The molecule has 1 aromatic carbocycles. The van der Waals surface area contributed by atoms with Gasteiger partial charge in [-0.3, -0.25) is 4.79 Å². The van der Waals surface area contributed by atoms with Crippen molar-refractivity contribution in [1.29, 1.82) is 0 Å². The lowest BCUT2D eigenvalue weighted by Crippen LogP contribution is -2.22. The highest BCUT2D eigenvalue weighted by atomic mass is 32.2. The van der Waals surface area contributed by atoms with Crippen LogP contribution in [0.25, 0.3) is 5.69 Å². The van der Waals surface area contributed by atoms with E-state index in [1.165, 1.54) is 22.9 Å². The summed E-state index contributed by atoms with van der Waals surface area (Å²) in [5, 5.41) is 12.4. The number of nitrogens with zero attached hydrogens (tertiary/aromatic N) is 4. The molecule has 0 atom stereocenters. The van der Waals surface area contributed by atoms with Crippen LogP contribution in [0.1, 0.15) is 31.9 Å². The molecule has 0 unspecified atom stereocenters. The van der Waals surface area contributed by atoms with Gasteiger partial charge in [0.25, 0.3) is 0 Å². The zero-order valence-electron chi connectivity index (χ0n) is 13.0. The minimum Gasteiger partial charge on any atom is -0.298 e. The van der Waals surface area contributed by atoms with E-state index in [9.17, 15) is 4.79 Å². The second-order valence-corrected chi connectivity index (χ2v) is 7.05. The van der Waals surface area contributed by atoms with E-state index >= 15 is 0 Å². The first-order chi connectivity index (χ1) is 9.79. The highest BCUT2D eigenvalue weighted by Gasteiger charge is 2.22. The van der Waals surface area contributed by atoms with Crippen LogP contribution in [0, 0.1) is 19.3 Å². The van der Waals surface area contributed by atoms with Crippen LogP contribution in [0.2, 0.25) is 0 Å². The largest absolute Gasteiger partial charge is 0.298 e. The van der Waals surface area contributed by atoms with Gasteiger partial charge in [-0.05, 0) is 47.5 Å². The highest BCUT2D eigenvalue weighted by Crippen LogP contribution is 2.23. The predicted molar refractivity (Wildman–Crippen MR) is 83.8 cm³/mol. The summed E-state index contributed by atoms with van der Waals surface area (Å²) in [6.07, 6.45) is 0. The molecule has 0 spiro atoms. The lowest BCUT2D eigenvalue weighted by Gasteiger charge is -2.15. The molecule has 21 heavy (non-hydrogen) atoms. The molecule has 112 valence electrons. The van der Waals surface area contributed by atoms with Crippen molar-refractivity contribution in [1.82, 2.24) is 20.2 Å². The topological polar surface area (TPSA) is 60.7 Å². The lowest BCUT2D eigenvalue weighted by atomic mass is 9.92. The predicted octanol–water partition coefficient (Wildman–Crippen LogP) is 2.99. The number of aromatic nitrogens is 4. The Bertz CT molecular complexity index is 658.